The molecule has 6 rings (SSSR count). The zero-order chi connectivity index (χ0) is 38.0. The van der Waals surface area contributed by atoms with E-state index in [1.807, 2.05) is 43.0 Å². The molecule has 0 aliphatic carbocycles. The van der Waals surface area contributed by atoms with Crippen molar-refractivity contribution in [2.24, 2.45) is 5.41 Å². The van der Waals surface area contributed by atoms with Gasteiger partial charge in [-0.05, 0) is 62.9 Å². The lowest BCUT2D eigenvalue weighted by atomic mass is 9.91. The van der Waals surface area contributed by atoms with Crippen LogP contribution in [0.5, 0.6) is 5.88 Å². The van der Waals surface area contributed by atoms with Gasteiger partial charge < -0.3 is 9.64 Å². The van der Waals surface area contributed by atoms with Crippen LogP contribution < -0.4 is 20.1 Å². The Kier molecular flexibility index (Phi) is 10.4. The molecule has 1 aromatic carbocycles. The maximum atomic E-state index is 13.9. The number of nitrogens with one attached hydrogen (secondary N) is 2. The van der Waals surface area contributed by atoms with Crippen LogP contribution in [0.4, 0.5) is 24.8 Å². The summed E-state index contributed by atoms with van der Waals surface area (Å²) in [5, 5.41) is 8.07. The van der Waals surface area contributed by atoms with Crippen molar-refractivity contribution in [3.63, 3.8) is 0 Å². The highest BCUT2D eigenvalue weighted by atomic mass is 32.2. The van der Waals surface area contributed by atoms with Gasteiger partial charge in [0.05, 0.1) is 16.8 Å². The summed E-state index contributed by atoms with van der Waals surface area (Å²) in [4.78, 5) is 25.7. The van der Waals surface area contributed by atoms with Crippen LogP contribution in [0.1, 0.15) is 64.8 Å². The highest BCUT2D eigenvalue weighted by Gasteiger charge is 2.48. The third-order valence-electron chi connectivity index (χ3n) is 9.14. The second-order valence-corrected chi connectivity index (χ2v) is 16.0. The average Bonchev–Trinajstić information content (AvgIpc) is 3.77. The second-order valence-electron chi connectivity index (χ2n) is 14.3. The number of benzene rings is 1. The van der Waals surface area contributed by atoms with Gasteiger partial charge in [-0.15, -0.1) is 5.10 Å². The Morgan fingerprint density at radius 2 is 1.70 bits per heavy atom. The number of halogens is 3. The highest BCUT2D eigenvalue weighted by molar-refractivity contribution is 7.92. The minimum Gasteiger partial charge on any atom is -0.476 e. The number of pyridine rings is 2. The summed E-state index contributed by atoms with van der Waals surface area (Å²) in [5.74, 6) is 0.161. The van der Waals surface area contributed by atoms with Crippen molar-refractivity contribution in [3.05, 3.63) is 88.8 Å². The average molecular weight is 755 g/mol. The first-order chi connectivity index (χ1) is 25.0. The molecule has 0 fully saturated rings. The third-order valence-corrected chi connectivity index (χ3v) is 10.4. The van der Waals surface area contributed by atoms with E-state index in [1.54, 1.807) is 24.4 Å². The lowest BCUT2D eigenvalue weighted by molar-refractivity contribution is -0.219. The molecule has 0 radical (unpaired) electrons. The maximum Gasteiger partial charge on any atom is 0.438 e. The monoisotopic (exact) mass is 754 g/mol. The third kappa shape index (κ3) is 8.56. The Hall–Kier alpha value is -5.19. The van der Waals surface area contributed by atoms with Gasteiger partial charge in [0, 0.05) is 36.3 Å². The Morgan fingerprint density at radius 3 is 2.45 bits per heavy atom. The van der Waals surface area contributed by atoms with Crippen molar-refractivity contribution in [2.75, 3.05) is 29.3 Å². The van der Waals surface area contributed by atoms with Crippen molar-refractivity contribution in [1.82, 2.24) is 29.9 Å². The Morgan fingerprint density at radius 1 is 0.925 bits per heavy atom. The topological polar surface area (TPSA) is 161 Å². The normalized spacial score (nSPS) is 15.6. The van der Waals surface area contributed by atoms with E-state index in [9.17, 15) is 26.4 Å². The van der Waals surface area contributed by atoms with Gasteiger partial charge >= 0.3 is 11.9 Å². The molecule has 17 heteroatoms. The van der Waals surface area contributed by atoms with Crippen LogP contribution in [-0.2, 0) is 21.9 Å². The summed E-state index contributed by atoms with van der Waals surface area (Å²) in [6.45, 7) is 6.22. The molecule has 0 spiro atoms. The smallest absolute Gasteiger partial charge is 0.438 e. The molecule has 13 nitrogen and oxygen atoms in total. The van der Waals surface area contributed by atoms with Gasteiger partial charge in [-0.25, -0.2) is 19.4 Å². The Balaban J connectivity index is 1.36. The van der Waals surface area contributed by atoms with Crippen LogP contribution in [0.2, 0.25) is 0 Å². The first kappa shape index (κ1) is 37.6. The number of aryl methyl sites for hydroxylation is 1. The molecule has 282 valence electrons. The molecule has 4 aromatic heterocycles. The predicted molar refractivity (Wildman–Crippen MR) is 192 cm³/mol. The number of aromatic amines is 1. The summed E-state index contributed by atoms with van der Waals surface area (Å²) >= 11 is 0. The minimum atomic E-state index is -4.47. The maximum absolute atomic E-state index is 13.9. The lowest BCUT2D eigenvalue weighted by Crippen LogP contribution is -2.39. The van der Waals surface area contributed by atoms with E-state index < -0.39 is 39.4 Å². The number of anilines is 2. The summed E-state index contributed by atoms with van der Waals surface area (Å²) in [7, 11) is -4.25. The molecule has 53 heavy (non-hydrogen) atoms. The van der Waals surface area contributed by atoms with E-state index in [1.165, 1.54) is 22.9 Å². The van der Waals surface area contributed by atoms with Gasteiger partial charge in [0.1, 0.15) is 18.2 Å². The number of ether oxygens (including phenoxy) is 1. The van der Waals surface area contributed by atoms with E-state index in [-0.39, 0.29) is 16.7 Å². The standard InChI is InChI=1S/C36H41F3N8O5S/c1-34(2,32-42-33(48)52-44-32)22-46-20-10-6-5-7-12-24-13-8-9-14-25(24)31-26(47-21-19-29(43-47)51-23-35(3,4)36(37,38)39)17-18-27(40-31)45-53(49,50)30-16-11-15-28(46)41-30/h8-9,11,13-19,21H,5-7,10,12,20,22-23H2,1-4H3,(H,40,45)(H,42,44,48). The largest absolute Gasteiger partial charge is 0.476 e. The summed E-state index contributed by atoms with van der Waals surface area (Å²) < 4.78 is 82.3. The van der Waals surface area contributed by atoms with Gasteiger partial charge in [-0.3, -0.25) is 14.2 Å². The van der Waals surface area contributed by atoms with Gasteiger partial charge in [0.25, 0.3) is 10.0 Å². The van der Waals surface area contributed by atoms with Crippen LogP contribution in [0.15, 0.2) is 81.2 Å². The van der Waals surface area contributed by atoms with Crippen molar-refractivity contribution in [2.45, 2.75) is 76.4 Å². The molecule has 1 aliphatic rings. The number of hydrogen-bond acceptors (Lipinski definition) is 10. The zero-order valence-corrected chi connectivity index (χ0v) is 30.6. The van der Waals surface area contributed by atoms with Gasteiger partial charge in [-0.1, -0.05) is 62.2 Å². The number of hydrogen-bond donors (Lipinski definition) is 2. The molecule has 0 amide bonds. The number of H-pyrrole nitrogens is 1. The van der Waals surface area contributed by atoms with E-state index in [0.717, 1.165) is 50.7 Å². The fourth-order valence-corrected chi connectivity index (χ4v) is 6.92. The quantitative estimate of drug-likeness (QED) is 0.184. The van der Waals surface area contributed by atoms with E-state index >= 15 is 0 Å². The Bertz CT molecular complexity index is 2230. The summed E-state index contributed by atoms with van der Waals surface area (Å²) in [6, 6.07) is 17.0. The number of rotatable bonds is 7. The number of fused-ring (bicyclic) bond motifs is 6. The zero-order valence-electron chi connectivity index (χ0n) is 29.8. The molecule has 0 unspecified atom stereocenters. The van der Waals surface area contributed by atoms with Gasteiger partial charge in [0.15, 0.2) is 10.9 Å². The molecule has 2 N–H and O–H groups in total. The predicted octanol–water partition coefficient (Wildman–Crippen LogP) is 6.67. The van der Waals surface area contributed by atoms with Crippen LogP contribution in [0.3, 0.4) is 0 Å². The molecule has 0 atom stereocenters. The fraction of sp³-hybridized carbons (Fsp3) is 0.417. The molecule has 5 heterocycles. The molecule has 0 saturated heterocycles. The van der Waals surface area contributed by atoms with E-state index in [0.29, 0.717) is 42.5 Å². The molecule has 0 saturated carbocycles. The molecule has 4 bridgehead atoms. The SMILES string of the molecule is CC(C)(CN1CCCCCCc2ccccc2-c2nc(ccc2-n2ccc(OCC(C)(C)C(F)(F)F)n2)NS(=O)(=O)c2cccc1n2)c1noc(=O)[nH]1. The van der Waals surface area contributed by atoms with Crippen molar-refractivity contribution in [1.29, 1.82) is 0 Å². The first-order valence-corrected chi connectivity index (χ1v) is 18.7. The van der Waals surface area contributed by atoms with Crippen LogP contribution in [0, 0.1) is 5.41 Å². The number of sulfonamides is 1. The minimum absolute atomic E-state index is 0.00503. The molecule has 1 aliphatic heterocycles. The highest BCUT2D eigenvalue weighted by Crippen LogP contribution is 2.38. The van der Waals surface area contributed by atoms with Gasteiger partial charge in [0.2, 0.25) is 5.88 Å². The van der Waals surface area contributed by atoms with Crippen molar-refractivity contribution < 1.29 is 30.8 Å². The van der Waals surface area contributed by atoms with Crippen LogP contribution in [-0.4, -0.2) is 64.2 Å². The van der Waals surface area contributed by atoms with Crippen LogP contribution >= 0.6 is 0 Å². The summed E-state index contributed by atoms with van der Waals surface area (Å²) in [6.07, 6.45) is 1.27. The van der Waals surface area contributed by atoms with Gasteiger partial charge in [-0.2, -0.15) is 21.6 Å². The lowest BCUT2D eigenvalue weighted by Gasteiger charge is -2.32. The fourth-order valence-electron chi connectivity index (χ4n) is 5.96. The van der Waals surface area contributed by atoms with Crippen LogP contribution in [0.25, 0.3) is 16.9 Å². The van der Waals surface area contributed by atoms with E-state index in [4.69, 9.17) is 14.2 Å². The van der Waals surface area contributed by atoms with E-state index in [2.05, 4.69) is 24.9 Å². The van der Waals surface area contributed by atoms with Crippen molar-refractivity contribution >= 4 is 21.7 Å². The molecular formula is C36H41F3N8O5S. The summed E-state index contributed by atoms with van der Waals surface area (Å²) in [5.41, 5.74) is -0.148. The first-order valence-electron chi connectivity index (χ1n) is 17.2. The number of aromatic nitrogens is 6. The molecular weight excluding hydrogens is 714 g/mol. The van der Waals surface area contributed by atoms with Crippen molar-refractivity contribution in [3.8, 4) is 22.8 Å². The molecule has 5 aromatic rings. The number of alkyl halides is 3. The Labute approximate surface area is 304 Å². The number of nitrogens with zero attached hydrogens (tertiary/aromatic N) is 6. The second kappa shape index (κ2) is 14.7.